The maximum atomic E-state index is 11.6. The highest BCUT2D eigenvalue weighted by atomic mass is 16.5. The minimum atomic E-state index is -0.300. The Morgan fingerprint density at radius 2 is 2.32 bits per heavy atom. The summed E-state index contributed by atoms with van der Waals surface area (Å²) >= 11 is 0. The normalized spacial score (nSPS) is 10.2. The van der Waals surface area contributed by atoms with Crippen molar-refractivity contribution in [2.75, 3.05) is 11.9 Å². The second kappa shape index (κ2) is 6.04. The van der Waals surface area contributed by atoms with Crippen LogP contribution < -0.4 is 5.32 Å². The zero-order valence-electron chi connectivity index (χ0n) is 11.1. The predicted molar refractivity (Wildman–Crippen MR) is 73.0 cm³/mol. The average Bonchev–Trinajstić information content (AvgIpc) is 2.82. The summed E-state index contributed by atoms with van der Waals surface area (Å²) in [6, 6.07) is 7.27. The van der Waals surface area contributed by atoms with Crippen molar-refractivity contribution in [2.24, 2.45) is 0 Å². The number of ether oxygens (including phenoxy) is 1. The van der Waals surface area contributed by atoms with Crippen LogP contribution in [0, 0.1) is 6.92 Å². The van der Waals surface area contributed by atoms with Crippen molar-refractivity contribution in [3.05, 3.63) is 47.3 Å². The van der Waals surface area contributed by atoms with Gasteiger partial charge in [-0.3, -0.25) is 5.10 Å². The molecule has 1 heterocycles. The van der Waals surface area contributed by atoms with Gasteiger partial charge in [-0.2, -0.15) is 5.10 Å². The lowest BCUT2D eigenvalue weighted by Gasteiger charge is -2.07. The summed E-state index contributed by atoms with van der Waals surface area (Å²) in [5, 5.41) is 10.1. The first-order chi connectivity index (χ1) is 9.20. The fourth-order valence-electron chi connectivity index (χ4n) is 1.72. The molecule has 1 aromatic carbocycles. The SMILES string of the molecule is CCOC(=O)c1cccc(NCc2cn[nH]c2C)c1. The van der Waals surface area contributed by atoms with Gasteiger partial charge in [-0.25, -0.2) is 4.79 Å². The second-order valence-electron chi connectivity index (χ2n) is 4.18. The van der Waals surface area contributed by atoms with Crippen LogP contribution in [-0.4, -0.2) is 22.8 Å². The molecule has 0 atom stereocenters. The summed E-state index contributed by atoms with van der Waals surface area (Å²) in [6.07, 6.45) is 1.79. The van der Waals surface area contributed by atoms with Crippen LogP contribution in [0.4, 0.5) is 5.69 Å². The molecule has 100 valence electrons. The van der Waals surface area contributed by atoms with Crippen molar-refractivity contribution in [3.8, 4) is 0 Å². The third-order valence-electron chi connectivity index (χ3n) is 2.79. The van der Waals surface area contributed by atoms with Crippen LogP contribution in [0.25, 0.3) is 0 Å². The van der Waals surface area contributed by atoms with E-state index in [9.17, 15) is 4.79 Å². The third kappa shape index (κ3) is 3.34. The first-order valence-corrected chi connectivity index (χ1v) is 6.20. The van der Waals surface area contributed by atoms with Crippen molar-refractivity contribution in [1.29, 1.82) is 0 Å². The standard InChI is InChI=1S/C14H17N3O2/c1-3-19-14(18)11-5-4-6-13(7-11)15-8-12-9-16-17-10(12)2/h4-7,9,15H,3,8H2,1-2H3,(H,16,17). The molecule has 0 fully saturated rings. The molecular formula is C14H17N3O2. The molecule has 2 N–H and O–H groups in total. The molecule has 0 aliphatic heterocycles. The predicted octanol–water partition coefficient (Wildman–Crippen LogP) is 2.51. The zero-order valence-corrected chi connectivity index (χ0v) is 11.1. The van der Waals surface area contributed by atoms with Gasteiger partial charge in [0.15, 0.2) is 0 Å². The Hall–Kier alpha value is -2.30. The number of aromatic nitrogens is 2. The number of carbonyl (C=O) groups is 1. The van der Waals surface area contributed by atoms with Gasteiger partial charge in [-0.1, -0.05) is 6.07 Å². The number of nitrogens with one attached hydrogen (secondary N) is 2. The summed E-state index contributed by atoms with van der Waals surface area (Å²) in [4.78, 5) is 11.6. The largest absolute Gasteiger partial charge is 0.462 e. The number of esters is 1. The highest BCUT2D eigenvalue weighted by Crippen LogP contribution is 2.13. The summed E-state index contributed by atoms with van der Waals surface area (Å²) < 4.78 is 4.97. The van der Waals surface area contributed by atoms with Gasteiger partial charge in [-0.05, 0) is 32.0 Å². The lowest BCUT2D eigenvalue weighted by atomic mass is 10.2. The molecule has 0 aliphatic rings. The molecular weight excluding hydrogens is 242 g/mol. The minimum absolute atomic E-state index is 0.300. The summed E-state index contributed by atoms with van der Waals surface area (Å²) in [6.45, 7) is 4.81. The van der Waals surface area contributed by atoms with Crippen LogP contribution in [-0.2, 0) is 11.3 Å². The number of carbonyl (C=O) groups excluding carboxylic acids is 1. The molecule has 0 spiro atoms. The summed E-state index contributed by atoms with van der Waals surface area (Å²) in [5.74, 6) is -0.300. The smallest absolute Gasteiger partial charge is 0.338 e. The molecule has 0 aliphatic carbocycles. The van der Waals surface area contributed by atoms with E-state index >= 15 is 0 Å². The Morgan fingerprint density at radius 1 is 1.47 bits per heavy atom. The highest BCUT2D eigenvalue weighted by molar-refractivity contribution is 5.90. The molecule has 2 rings (SSSR count). The van der Waals surface area contributed by atoms with E-state index in [2.05, 4.69) is 15.5 Å². The van der Waals surface area contributed by atoms with Gasteiger partial charge in [0.1, 0.15) is 0 Å². The van der Waals surface area contributed by atoms with Crippen LogP contribution >= 0.6 is 0 Å². The molecule has 0 unspecified atom stereocenters. The maximum absolute atomic E-state index is 11.6. The number of rotatable bonds is 5. The summed E-state index contributed by atoms with van der Waals surface area (Å²) in [5.41, 5.74) is 3.57. The van der Waals surface area contributed by atoms with Gasteiger partial charge in [0, 0.05) is 23.5 Å². The molecule has 0 bridgehead atoms. The highest BCUT2D eigenvalue weighted by Gasteiger charge is 2.07. The second-order valence-corrected chi connectivity index (χ2v) is 4.18. The lowest BCUT2D eigenvalue weighted by molar-refractivity contribution is 0.0526. The minimum Gasteiger partial charge on any atom is -0.462 e. The molecule has 2 aromatic rings. The number of benzene rings is 1. The summed E-state index contributed by atoms with van der Waals surface area (Å²) in [7, 11) is 0. The maximum Gasteiger partial charge on any atom is 0.338 e. The number of hydrogen-bond acceptors (Lipinski definition) is 4. The van der Waals surface area contributed by atoms with Gasteiger partial charge in [0.25, 0.3) is 0 Å². The molecule has 5 heteroatoms. The molecule has 1 aromatic heterocycles. The van der Waals surface area contributed by atoms with Gasteiger partial charge in [0.05, 0.1) is 18.4 Å². The number of aryl methyl sites for hydroxylation is 1. The van der Waals surface area contributed by atoms with Crippen molar-refractivity contribution in [3.63, 3.8) is 0 Å². The van der Waals surface area contributed by atoms with E-state index in [1.54, 1.807) is 25.3 Å². The number of nitrogens with zero attached hydrogens (tertiary/aromatic N) is 1. The Morgan fingerprint density at radius 3 is 3.00 bits per heavy atom. The van der Waals surface area contributed by atoms with E-state index < -0.39 is 0 Å². The van der Waals surface area contributed by atoms with Crippen LogP contribution in [0.5, 0.6) is 0 Å². The van der Waals surface area contributed by atoms with E-state index in [0.29, 0.717) is 18.7 Å². The third-order valence-corrected chi connectivity index (χ3v) is 2.79. The Kier molecular flexibility index (Phi) is 4.18. The first-order valence-electron chi connectivity index (χ1n) is 6.20. The fraction of sp³-hybridized carbons (Fsp3) is 0.286. The van der Waals surface area contributed by atoms with Gasteiger partial charge in [0.2, 0.25) is 0 Å². The number of anilines is 1. The molecule has 5 nitrogen and oxygen atoms in total. The topological polar surface area (TPSA) is 67.0 Å². The first kappa shape index (κ1) is 13.1. The Bertz CT molecular complexity index is 563. The molecule has 0 radical (unpaired) electrons. The van der Waals surface area contributed by atoms with E-state index in [4.69, 9.17) is 4.74 Å². The molecule has 0 amide bonds. The van der Waals surface area contributed by atoms with Crippen molar-refractivity contribution < 1.29 is 9.53 Å². The van der Waals surface area contributed by atoms with Crippen molar-refractivity contribution >= 4 is 11.7 Å². The van der Waals surface area contributed by atoms with Crippen molar-refractivity contribution in [1.82, 2.24) is 10.2 Å². The number of H-pyrrole nitrogens is 1. The molecule has 19 heavy (non-hydrogen) atoms. The van der Waals surface area contributed by atoms with Crippen LogP contribution in [0.3, 0.4) is 0 Å². The van der Waals surface area contributed by atoms with Crippen LogP contribution in [0.1, 0.15) is 28.5 Å². The molecule has 0 saturated carbocycles. The fourth-order valence-corrected chi connectivity index (χ4v) is 1.72. The number of aromatic amines is 1. The van der Waals surface area contributed by atoms with Crippen molar-refractivity contribution in [2.45, 2.75) is 20.4 Å². The average molecular weight is 259 g/mol. The van der Waals surface area contributed by atoms with E-state index in [1.807, 2.05) is 19.1 Å². The zero-order chi connectivity index (χ0) is 13.7. The van der Waals surface area contributed by atoms with Gasteiger partial charge in [-0.15, -0.1) is 0 Å². The molecule has 0 saturated heterocycles. The Labute approximate surface area is 112 Å². The van der Waals surface area contributed by atoms with Gasteiger partial charge < -0.3 is 10.1 Å². The van der Waals surface area contributed by atoms with E-state index in [0.717, 1.165) is 16.9 Å². The lowest BCUT2D eigenvalue weighted by Crippen LogP contribution is -2.06. The quantitative estimate of drug-likeness (QED) is 0.810. The number of hydrogen-bond donors (Lipinski definition) is 2. The Balaban J connectivity index is 2.03. The van der Waals surface area contributed by atoms with Gasteiger partial charge >= 0.3 is 5.97 Å². The van der Waals surface area contributed by atoms with Crippen LogP contribution in [0.15, 0.2) is 30.5 Å². The van der Waals surface area contributed by atoms with Crippen LogP contribution in [0.2, 0.25) is 0 Å². The van der Waals surface area contributed by atoms with E-state index in [1.165, 1.54) is 0 Å². The monoisotopic (exact) mass is 259 g/mol. The van der Waals surface area contributed by atoms with E-state index in [-0.39, 0.29) is 5.97 Å².